The zero-order valence-corrected chi connectivity index (χ0v) is 9.12. The van der Waals surface area contributed by atoms with E-state index in [1.54, 1.807) is 6.20 Å². The summed E-state index contributed by atoms with van der Waals surface area (Å²) >= 11 is 0. The summed E-state index contributed by atoms with van der Waals surface area (Å²) < 4.78 is 2.09. The Morgan fingerprint density at radius 3 is 2.79 bits per heavy atom. The van der Waals surface area contributed by atoms with Gasteiger partial charge in [0.25, 0.3) is 0 Å². The Kier molecular flexibility index (Phi) is 3.66. The van der Waals surface area contributed by atoms with E-state index < -0.39 is 0 Å². The largest absolute Gasteiger partial charge is 0.394 e. The van der Waals surface area contributed by atoms with Crippen LogP contribution in [0.5, 0.6) is 0 Å². The van der Waals surface area contributed by atoms with Gasteiger partial charge in [-0.2, -0.15) is 0 Å². The number of hydrogen-bond acceptors (Lipinski definition) is 3. The molecule has 2 N–H and O–H groups in total. The van der Waals surface area contributed by atoms with E-state index >= 15 is 0 Å². The molecule has 0 saturated heterocycles. The molecule has 4 heteroatoms. The highest BCUT2D eigenvalue weighted by atomic mass is 16.3. The first-order chi connectivity index (χ1) is 6.61. The van der Waals surface area contributed by atoms with E-state index in [1.807, 2.05) is 27.1 Å². The van der Waals surface area contributed by atoms with Gasteiger partial charge in [-0.05, 0) is 27.3 Å². The van der Waals surface area contributed by atoms with Crippen molar-refractivity contribution in [1.29, 1.82) is 0 Å². The molecular weight excluding hydrogens is 178 g/mol. The van der Waals surface area contributed by atoms with Crippen LogP contribution in [0.2, 0.25) is 0 Å². The number of likely N-dealkylation sites (N-methyl/N-ethyl adjacent to an activating group) is 1. The van der Waals surface area contributed by atoms with Crippen LogP contribution in [0.25, 0.3) is 0 Å². The third-order valence-corrected chi connectivity index (χ3v) is 2.78. The molecule has 0 bridgehead atoms. The summed E-state index contributed by atoms with van der Waals surface area (Å²) in [6.07, 6.45) is 4.64. The number of rotatable bonds is 5. The van der Waals surface area contributed by atoms with Gasteiger partial charge in [0, 0.05) is 24.5 Å². The Balaban J connectivity index is 2.52. The molecule has 1 atom stereocenters. The van der Waals surface area contributed by atoms with Crippen molar-refractivity contribution >= 4 is 0 Å². The highest BCUT2D eigenvalue weighted by molar-refractivity contribution is 4.90. The fourth-order valence-electron chi connectivity index (χ4n) is 1.29. The summed E-state index contributed by atoms with van der Waals surface area (Å²) in [6.45, 7) is 5.02. The molecule has 80 valence electrons. The SMILES string of the molecule is CNC(C)(CO)CCn1ccnc1C. The van der Waals surface area contributed by atoms with Crippen molar-refractivity contribution < 1.29 is 5.11 Å². The van der Waals surface area contributed by atoms with Gasteiger partial charge in [0.1, 0.15) is 5.82 Å². The molecule has 1 aromatic rings. The first-order valence-electron chi connectivity index (χ1n) is 4.89. The van der Waals surface area contributed by atoms with Crippen LogP contribution in [0.4, 0.5) is 0 Å². The molecule has 0 amide bonds. The van der Waals surface area contributed by atoms with Crippen molar-refractivity contribution in [2.45, 2.75) is 32.4 Å². The minimum atomic E-state index is -0.198. The van der Waals surface area contributed by atoms with Gasteiger partial charge in [0.05, 0.1) is 6.61 Å². The van der Waals surface area contributed by atoms with E-state index in [0.29, 0.717) is 0 Å². The van der Waals surface area contributed by atoms with Crippen molar-refractivity contribution in [3.05, 3.63) is 18.2 Å². The minimum Gasteiger partial charge on any atom is -0.394 e. The quantitative estimate of drug-likeness (QED) is 0.725. The zero-order valence-electron chi connectivity index (χ0n) is 9.12. The molecule has 14 heavy (non-hydrogen) atoms. The maximum Gasteiger partial charge on any atom is 0.105 e. The molecule has 1 unspecified atom stereocenters. The predicted octanol–water partition coefficient (Wildman–Crippen LogP) is 0.552. The van der Waals surface area contributed by atoms with Crippen LogP contribution in [0, 0.1) is 6.92 Å². The van der Waals surface area contributed by atoms with Gasteiger partial charge in [-0.15, -0.1) is 0 Å². The third kappa shape index (κ3) is 2.56. The fraction of sp³-hybridized carbons (Fsp3) is 0.700. The van der Waals surface area contributed by atoms with Crippen molar-refractivity contribution in [2.75, 3.05) is 13.7 Å². The molecule has 0 aliphatic rings. The van der Waals surface area contributed by atoms with Gasteiger partial charge in [-0.25, -0.2) is 4.98 Å². The highest BCUT2D eigenvalue weighted by Crippen LogP contribution is 2.10. The van der Waals surface area contributed by atoms with Crippen molar-refractivity contribution in [3.63, 3.8) is 0 Å². The Bertz CT molecular complexity index is 279. The number of aliphatic hydroxyl groups excluding tert-OH is 1. The van der Waals surface area contributed by atoms with Crippen LogP contribution in [-0.4, -0.2) is 33.9 Å². The fourth-order valence-corrected chi connectivity index (χ4v) is 1.29. The van der Waals surface area contributed by atoms with E-state index in [-0.39, 0.29) is 12.1 Å². The molecule has 0 radical (unpaired) electrons. The number of nitrogens with zero attached hydrogens (tertiary/aromatic N) is 2. The maximum absolute atomic E-state index is 9.20. The van der Waals surface area contributed by atoms with E-state index in [9.17, 15) is 5.11 Å². The van der Waals surface area contributed by atoms with Gasteiger partial charge in [-0.1, -0.05) is 0 Å². The van der Waals surface area contributed by atoms with Crippen molar-refractivity contribution in [2.24, 2.45) is 0 Å². The smallest absolute Gasteiger partial charge is 0.105 e. The second kappa shape index (κ2) is 4.57. The summed E-state index contributed by atoms with van der Waals surface area (Å²) in [5, 5.41) is 12.3. The zero-order chi connectivity index (χ0) is 10.6. The van der Waals surface area contributed by atoms with E-state index in [4.69, 9.17) is 0 Å². The molecule has 0 aliphatic carbocycles. The van der Waals surface area contributed by atoms with E-state index in [1.165, 1.54) is 0 Å². The number of nitrogens with one attached hydrogen (secondary N) is 1. The van der Waals surface area contributed by atoms with E-state index in [0.717, 1.165) is 18.8 Å². The lowest BCUT2D eigenvalue weighted by molar-refractivity contribution is 0.168. The monoisotopic (exact) mass is 197 g/mol. The standard InChI is InChI=1S/C10H19N3O/c1-9-12-5-7-13(9)6-4-10(2,8-14)11-3/h5,7,11,14H,4,6,8H2,1-3H3. The molecule has 0 saturated carbocycles. The molecule has 0 aromatic carbocycles. The van der Waals surface area contributed by atoms with Crippen LogP contribution in [0.1, 0.15) is 19.2 Å². The van der Waals surface area contributed by atoms with E-state index in [2.05, 4.69) is 14.9 Å². The molecule has 1 rings (SSSR count). The van der Waals surface area contributed by atoms with Gasteiger partial charge in [0.15, 0.2) is 0 Å². The first-order valence-corrected chi connectivity index (χ1v) is 4.89. The van der Waals surface area contributed by atoms with Crippen LogP contribution in [0.15, 0.2) is 12.4 Å². The summed E-state index contributed by atoms with van der Waals surface area (Å²) in [6, 6.07) is 0. The Labute approximate surface area is 85.0 Å². The van der Waals surface area contributed by atoms with Gasteiger partial charge < -0.3 is 15.0 Å². The second-order valence-electron chi connectivity index (χ2n) is 3.89. The predicted molar refractivity (Wildman–Crippen MR) is 56.1 cm³/mol. The molecular formula is C10H19N3O. The second-order valence-corrected chi connectivity index (χ2v) is 3.89. The number of hydrogen-bond donors (Lipinski definition) is 2. The Morgan fingerprint density at radius 2 is 2.36 bits per heavy atom. The average molecular weight is 197 g/mol. The normalized spacial score (nSPS) is 15.4. The van der Waals surface area contributed by atoms with Crippen LogP contribution in [-0.2, 0) is 6.54 Å². The Morgan fingerprint density at radius 1 is 1.64 bits per heavy atom. The molecule has 1 heterocycles. The third-order valence-electron chi connectivity index (χ3n) is 2.78. The number of aromatic nitrogens is 2. The number of aryl methyl sites for hydroxylation is 2. The number of aliphatic hydroxyl groups is 1. The van der Waals surface area contributed by atoms with Gasteiger partial charge in [-0.3, -0.25) is 0 Å². The summed E-state index contributed by atoms with van der Waals surface area (Å²) in [5.74, 6) is 1.02. The van der Waals surface area contributed by atoms with Crippen molar-refractivity contribution in [3.8, 4) is 0 Å². The van der Waals surface area contributed by atoms with Crippen molar-refractivity contribution in [1.82, 2.24) is 14.9 Å². The lowest BCUT2D eigenvalue weighted by Crippen LogP contribution is -2.44. The molecule has 0 spiro atoms. The molecule has 0 fully saturated rings. The van der Waals surface area contributed by atoms with Gasteiger partial charge >= 0.3 is 0 Å². The lowest BCUT2D eigenvalue weighted by atomic mass is 9.99. The molecule has 1 aromatic heterocycles. The lowest BCUT2D eigenvalue weighted by Gasteiger charge is -2.27. The topological polar surface area (TPSA) is 50.1 Å². The maximum atomic E-state index is 9.20. The Hall–Kier alpha value is -0.870. The number of imidazole rings is 1. The first kappa shape index (κ1) is 11.2. The van der Waals surface area contributed by atoms with Gasteiger partial charge in [0.2, 0.25) is 0 Å². The summed E-state index contributed by atoms with van der Waals surface area (Å²) in [4.78, 5) is 4.15. The van der Waals surface area contributed by atoms with Crippen LogP contribution in [0.3, 0.4) is 0 Å². The minimum absolute atomic E-state index is 0.150. The summed E-state index contributed by atoms with van der Waals surface area (Å²) in [7, 11) is 1.87. The van der Waals surface area contributed by atoms with Crippen LogP contribution < -0.4 is 5.32 Å². The molecule has 4 nitrogen and oxygen atoms in total. The molecule has 0 aliphatic heterocycles. The summed E-state index contributed by atoms with van der Waals surface area (Å²) in [5.41, 5.74) is -0.198. The average Bonchev–Trinajstić information content (AvgIpc) is 2.61. The highest BCUT2D eigenvalue weighted by Gasteiger charge is 2.20. The van der Waals surface area contributed by atoms with Crippen LogP contribution >= 0.6 is 0 Å².